The van der Waals surface area contributed by atoms with Crippen LogP contribution in [0.4, 0.5) is 5.13 Å². The normalized spacial score (nSPS) is 11.2. The highest BCUT2D eigenvalue weighted by atomic mass is 32.2. The number of hydrogen-bond donors (Lipinski definition) is 1. The van der Waals surface area contributed by atoms with Gasteiger partial charge in [-0.2, -0.15) is 0 Å². The van der Waals surface area contributed by atoms with Crippen LogP contribution in [0.3, 0.4) is 0 Å². The van der Waals surface area contributed by atoms with Crippen molar-refractivity contribution in [3.05, 3.63) is 17.5 Å². The Bertz CT molecular complexity index is 466. The van der Waals surface area contributed by atoms with Crippen LogP contribution in [0.25, 0.3) is 0 Å². The van der Waals surface area contributed by atoms with Gasteiger partial charge in [-0.05, 0) is 0 Å². The first-order chi connectivity index (χ1) is 7.65. The Kier molecular flexibility index (Phi) is 3.45. The Hall–Kier alpha value is -1.08. The van der Waals surface area contributed by atoms with Gasteiger partial charge >= 0.3 is 0 Å². The second-order valence-electron chi connectivity index (χ2n) is 3.57. The van der Waals surface area contributed by atoms with Crippen LogP contribution in [0, 0.1) is 0 Å². The van der Waals surface area contributed by atoms with Gasteiger partial charge in [-0.1, -0.05) is 42.1 Å². The Morgan fingerprint density at radius 3 is 2.88 bits per heavy atom. The van der Waals surface area contributed by atoms with Gasteiger partial charge in [0.2, 0.25) is 5.13 Å². The lowest BCUT2D eigenvalue weighted by atomic mass is 10.1. The third kappa shape index (κ3) is 2.73. The Morgan fingerprint density at radius 2 is 2.31 bits per heavy atom. The number of nitrogen functional groups attached to an aromatic ring is 1. The molecule has 2 N–H and O–H groups in total. The van der Waals surface area contributed by atoms with Gasteiger partial charge in [-0.25, -0.2) is 0 Å². The lowest BCUT2D eigenvalue weighted by molar-refractivity contribution is 0.367. The number of rotatable bonds is 4. The van der Waals surface area contributed by atoms with Crippen LogP contribution >= 0.6 is 23.1 Å². The summed E-state index contributed by atoms with van der Waals surface area (Å²) in [5, 5.41) is 12.1. The predicted molar refractivity (Wildman–Crippen MR) is 64.5 cm³/mol. The summed E-state index contributed by atoms with van der Waals surface area (Å²) in [5.41, 5.74) is 6.41. The smallest absolute Gasteiger partial charge is 0.203 e. The lowest BCUT2D eigenvalue weighted by Crippen LogP contribution is -1.81. The van der Waals surface area contributed by atoms with E-state index in [0.29, 0.717) is 11.0 Å². The van der Waals surface area contributed by atoms with Crippen LogP contribution in [0.2, 0.25) is 0 Å². The van der Waals surface area contributed by atoms with Crippen LogP contribution in [0.1, 0.15) is 31.2 Å². The van der Waals surface area contributed by atoms with E-state index in [1.807, 2.05) is 6.07 Å². The van der Waals surface area contributed by atoms with Crippen molar-refractivity contribution in [2.75, 3.05) is 5.73 Å². The van der Waals surface area contributed by atoms with Crippen LogP contribution in [0.15, 0.2) is 14.9 Å². The van der Waals surface area contributed by atoms with Gasteiger partial charge < -0.3 is 10.3 Å². The Labute approximate surface area is 101 Å². The average molecular weight is 256 g/mol. The molecule has 0 aliphatic heterocycles. The zero-order valence-electron chi connectivity index (χ0n) is 9.01. The topological polar surface area (TPSA) is 77.8 Å². The number of aromatic nitrogens is 3. The van der Waals surface area contributed by atoms with Crippen molar-refractivity contribution in [3.8, 4) is 0 Å². The van der Waals surface area contributed by atoms with Crippen LogP contribution in [0.5, 0.6) is 0 Å². The molecule has 0 aliphatic rings. The van der Waals surface area contributed by atoms with E-state index < -0.39 is 0 Å². The second kappa shape index (κ2) is 4.84. The summed E-state index contributed by atoms with van der Waals surface area (Å²) in [6, 6.07) is 1.97. The van der Waals surface area contributed by atoms with Gasteiger partial charge in [0.15, 0.2) is 4.34 Å². The van der Waals surface area contributed by atoms with E-state index in [-0.39, 0.29) is 0 Å². The molecule has 86 valence electrons. The highest BCUT2D eigenvalue weighted by Crippen LogP contribution is 2.27. The first-order valence-electron chi connectivity index (χ1n) is 4.82. The van der Waals surface area contributed by atoms with Crippen molar-refractivity contribution in [1.29, 1.82) is 0 Å². The molecule has 0 amide bonds. The summed E-state index contributed by atoms with van der Waals surface area (Å²) < 4.78 is 6.05. The molecule has 0 bridgehead atoms. The molecule has 0 atom stereocenters. The number of nitrogens with zero attached hydrogens (tertiary/aromatic N) is 3. The van der Waals surface area contributed by atoms with Crippen molar-refractivity contribution in [1.82, 2.24) is 15.4 Å². The van der Waals surface area contributed by atoms with Crippen molar-refractivity contribution in [2.45, 2.75) is 29.9 Å². The second-order valence-corrected chi connectivity index (χ2v) is 5.80. The maximum atomic E-state index is 5.49. The molecule has 2 aromatic rings. The van der Waals surface area contributed by atoms with Crippen LogP contribution < -0.4 is 5.73 Å². The zero-order valence-corrected chi connectivity index (χ0v) is 10.6. The molecule has 0 aromatic carbocycles. The quantitative estimate of drug-likeness (QED) is 0.847. The summed E-state index contributed by atoms with van der Waals surface area (Å²) in [7, 11) is 0. The first-order valence-corrected chi connectivity index (χ1v) is 6.62. The largest absolute Gasteiger partial charge is 0.374 e. The zero-order chi connectivity index (χ0) is 11.5. The SMILES string of the molecule is CC(C)c1cc(CSc2nnc(N)s2)no1. The summed E-state index contributed by atoms with van der Waals surface area (Å²) >= 11 is 2.94. The van der Waals surface area contributed by atoms with E-state index in [0.717, 1.165) is 21.5 Å². The minimum Gasteiger partial charge on any atom is -0.374 e. The number of thioether (sulfide) groups is 1. The van der Waals surface area contributed by atoms with E-state index >= 15 is 0 Å². The molecule has 0 fully saturated rings. The monoisotopic (exact) mass is 256 g/mol. The Morgan fingerprint density at radius 1 is 1.50 bits per heavy atom. The highest BCUT2D eigenvalue weighted by Gasteiger charge is 2.09. The van der Waals surface area contributed by atoms with E-state index in [1.165, 1.54) is 11.3 Å². The molecule has 5 nitrogen and oxygen atoms in total. The minimum atomic E-state index is 0.364. The molecule has 0 spiro atoms. The Balaban J connectivity index is 1.94. The third-order valence-corrected chi connectivity index (χ3v) is 3.83. The molecule has 16 heavy (non-hydrogen) atoms. The molecule has 0 saturated heterocycles. The summed E-state index contributed by atoms with van der Waals surface area (Å²) in [6.45, 7) is 4.14. The van der Waals surface area contributed by atoms with Crippen molar-refractivity contribution in [3.63, 3.8) is 0 Å². The van der Waals surface area contributed by atoms with Gasteiger partial charge in [0.05, 0.1) is 5.69 Å². The molecule has 0 saturated carbocycles. The standard InChI is InChI=1S/C9H12N4OS2/c1-5(2)7-3-6(13-14-7)4-15-9-12-11-8(10)16-9/h3,5H,4H2,1-2H3,(H2,10,11). The van der Waals surface area contributed by atoms with Gasteiger partial charge in [-0.3, -0.25) is 0 Å². The van der Waals surface area contributed by atoms with Gasteiger partial charge in [-0.15, -0.1) is 10.2 Å². The van der Waals surface area contributed by atoms with Crippen LogP contribution in [-0.2, 0) is 5.75 Å². The van der Waals surface area contributed by atoms with E-state index in [4.69, 9.17) is 10.3 Å². The van der Waals surface area contributed by atoms with Gasteiger partial charge in [0.25, 0.3) is 0 Å². The van der Waals surface area contributed by atoms with Crippen molar-refractivity contribution in [2.24, 2.45) is 0 Å². The number of nitrogens with two attached hydrogens (primary N) is 1. The average Bonchev–Trinajstić information content (AvgIpc) is 2.83. The molecule has 7 heteroatoms. The van der Waals surface area contributed by atoms with Gasteiger partial charge in [0.1, 0.15) is 5.76 Å². The molecule has 0 radical (unpaired) electrons. The van der Waals surface area contributed by atoms with E-state index in [2.05, 4.69) is 29.2 Å². The fraction of sp³-hybridized carbons (Fsp3) is 0.444. The molecule has 2 aromatic heterocycles. The predicted octanol–water partition coefficient (Wildman–Crippen LogP) is 2.52. The maximum absolute atomic E-state index is 5.49. The minimum absolute atomic E-state index is 0.364. The summed E-state index contributed by atoms with van der Waals surface area (Å²) in [4.78, 5) is 0. The molecule has 2 rings (SSSR count). The number of hydrogen-bond acceptors (Lipinski definition) is 7. The third-order valence-electron chi connectivity index (χ3n) is 1.91. The summed E-state index contributed by atoms with van der Waals surface area (Å²) in [6.07, 6.45) is 0. The van der Waals surface area contributed by atoms with Crippen LogP contribution in [-0.4, -0.2) is 15.4 Å². The molecule has 2 heterocycles. The molecular formula is C9H12N4OS2. The lowest BCUT2D eigenvalue weighted by Gasteiger charge is -1.93. The van der Waals surface area contributed by atoms with E-state index in [1.54, 1.807) is 11.8 Å². The molecular weight excluding hydrogens is 244 g/mol. The maximum Gasteiger partial charge on any atom is 0.203 e. The highest BCUT2D eigenvalue weighted by molar-refractivity contribution is 8.00. The first kappa shape index (κ1) is 11.4. The molecule has 0 unspecified atom stereocenters. The fourth-order valence-corrected chi connectivity index (χ4v) is 2.60. The van der Waals surface area contributed by atoms with Crippen molar-refractivity contribution >= 4 is 28.2 Å². The van der Waals surface area contributed by atoms with Gasteiger partial charge in [0, 0.05) is 17.7 Å². The van der Waals surface area contributed by atoms with Crippen molar-refractivity contribution < 1.29 is 4.52 Å². The summed E-state index contributed by atoms with van der Waals surface area (Å²) in [5.74, 6) is 2.00. The van der Waals surface area contributed by atoms with E-state index in [9.17, 15) is 0 Å². The molecule has 0 aliphatic carbocycles. The fourth-order valence-electron chi connectivity index (χ4n) is 1.08. The number of anilines is 1.